The highest BCUT2D eigenvalue weighted by Gasteiger charge is 2.14. The molecule has 0 aliphatic heterocycles. The minimum Gasteiger partial charge on any atom is -0.494 e. The van der Waals surface area contributed by atoms with Gasteiger partial charge in [0.05, 0.1) is 11.5 Å². The largest absolute Gasteiger partial charge is 0.494 e. The summed E-state index contributed by atoms with van der Waals surface area (Å²) in [6.45, 7) is 4.30. The summed E-state index contributed by atoms with van der Waals surface area (Å²) in [5, 5.41) is 0. The second-order valence-electron chi connectivity index (χ2n) is 4.23. The van der Waals surface area contributed by atoms with Gasteiger partial charge in [-0.3, -0.25) is 4.72 Å². The number of aromatic nitrogens is 1. The van der Waals surface area contributed by atoms with Crippen molar-refractivity contribution < 1.29 is 13.2 Å². The molecule has 0 unspecified atom stereocenters. The highest BCUT2D eigenvalue weighted by atomic mass is 32.2. The Morgan fingerprint density at radius 2 is 1.85 bits per heavy atom. The van der Waals surface area contributed by atoms with E-state index in [0.717, 1.165) is 5.56 Å². The van der Waals surface area contributed by atoms with Crippen LogP contribution in [0.1, 0.15) is 12.5 Å². The van der Waals surface area contributed by atoms with E-state index < -0.39 is 10.0 Å². The van der Waals surface area contributed by atoms with E-state index in [1.807, 2.05) is 13.8 Å². The van der Waals surface area contributed by atoms with Crippen LogP contribution < -0.4 is 9.46 Å². The standard InChI is InChI=1S/C14H16N2O3S/c1-3-19-12-5-7-13(8-6-12)20(17,18)16-14-9-4-11(2)10-15-14/h4-10H,3H2,1-2H3,(H,15,16). The molecule has 0 saturated heterocycles. The van der Waals surface area contributed by atoms with E-state index >= 15 is 0 Å². The summed E-state index contributed by atoms with van der Waals surface area (Å²) >= 11 is 0. The van der Waals surface area contributed by atoms with Gasteiger partial charge in [0.2, 0.25) is 0 Å². The van der Waals surface area contributed by atoms with Crippen LogP contribution in [0.3, 0.4) is 0 Å². The van der Waals surface area contributed by atoms with Crippen LogP contribution in [0, 0.1) is 6.92 Å². The third kappa shape index (κ3) is 3.48. The zero-order valence-corrected chi connectivity index (χ0v) is 12.1. The van der Waals surface area contributed by atoms with Crippen molar-refractivity contribution in [1.29, 1.82) is 0 Å². The number of sulfonamides is 1. The number of rotatable bonds is 5. The third-order valence-electron chi connectivity index (χ3n) is 2.60. The molecule has 20 heavy (non-hydrogen) atoms. The summed E-state index contributed by atoms with van der Waals surface area (Å²) in [6.07, 6.45) is 1.61. The van der Waals surface area contributed by atoms with E-state index in [9.17, 15) is 8.42 Å². The highest BCUT2D eigenvalue weighted by molar-refractivity contribution is 7.92. The molecule has 0 aliphatic carbocycles. The van der Waals surface area contributed by atoms with Crippen LogP contribution in [0.15, 0.2) is 47.5 Å². The molecule has 0 atom stereocenters. The molecule has 0 bridgehead atoms. The maximum absolute atomic E-state index is 12.2. The fourth-order valence-electron chi connectivity index (χ4n) is 1.61. The molecule has 5 nitrogen and oxygen atoms in total. The van der Waals surface area contributed by atoms with E-state index in [0.29, 0.717) is 18.2 Å². The number of nitrogens with one attached hydrogen (secondary N) is 1. The maximum atomic E-state index is 12.2. The van der Waals surface area contributed by atoms with Gasteiger partial charge in [-0.15, -0.1) is 0 Å². The SMILES string of the molecule is CCOc1ccc(S(=O)(=O)Nc2ccc(C)cn2)cc1. The lowest BCUT2D eigenvalue weighted by Gasteiger charge is -2.08. The quantitative estimate of drug-likeness (QED) is 0.919. The van der Waals surface area contributed by atoms with Crippen molar-refractivity contribution in [2.45, 2.75) is 18.7 Å². The van der Waals surface area contributed by atoms with Gasteiger partial charge in [0.15, 0.2) is 0 Å². The molecule has 2 aromatic rings. The smallest absolute Gasteiger partial charge is 0.263 e. The molecule has 6 heteroatoms. The molecular weight excluding hydrogens is 276 g/mol. The van der Waals surface area contributed by atoms with Crippen molar-refractivity contribution in [2.24, 2.45) is 0 Å². The van der Waals surface area contributed by atoms with Crippen molar-refractivity contribution in [1.82, 2.24) is 4.98 Å². The molecule has 0 amide bonds. The Labute approximate surface area is 118 Å². The summed E-state index contributed by atoms with van der Waals surface area (Å²) < 4.78 is 32.0. The number of hydrogen-bond donors (Lipinski definition) is 1. The van der Waals surface area contributed by atoms with E-state index in [4.69, 9.17) is 4.74 Å². The lowest BCUT2D eigenvalue weighted by Crippen LogP contribution is -2.13. The van der Waals surface area contributed by atoms with Gasteiger partial charge in [-0.2, -0.15) is 0 Å². The van der Waals surface area contributed by atoms with Gasteiger partial charge in [0.1, 0.15) is 11.6 Å². The van der Waals surface area contributed by atoms with Gasteiger partial charge < -0.3 is 4.74 Å². The van der Waals surface area contributed by atoms with Crippen LogP contribution in [0.2, 0.25) is 0 Å². The first kappa shape index (κ1) is 14.3. The first-order valence-corrected chi connectivity index (χ1v) is 7.68. The van der Waals surface area contributed by atoms with E-state index in [1.54, 1.807) is 30.5 Å². The number of aryl methyl sites for hydroxylation is 1. The fourth-order valence-corrected chi connectivity index (χ4v) is 2.61. The van der Waals surface area contributed by atoms with Crippen LogP contribution in [0.25, 0.3) is 0 Å². The predicted octanol–water partition coefficient (Wildman–Crippen LogP) is 2.59. The van der Waals surface area contributed by atoms with Crippen LogP contribution in [0.4, 0.5) is 5.82 Å². The van der Waals surface area contributed by atoms with Gasteiger partial charge in [-0.1, -0.05) is 6.07 Å². The summed E-state index contributed by atoms with van der Waals surface area (Å²) in [5.74, 6) is 0.935. The topological polar surface area (TPSA) is 68.3 Å². The first-order valence-electron chi connectivity index (χ1n) is 6.19. The second-order valence-corrected chi connectivity index (χ2v) is 5.91. The average molecular weight is 292 g/mol. The minimum atomic E-state index is -3.63. The predicted molar refractivity (Wildman–Crippen MR) is 77.4 cm³/mol. The van der Waals surface area contributed by atoms with Gasteiger partial charge in [0.25, 0.3) is 10.0 Å². The van der Waals surface area contributed by atoms with Crippen molar-refractivity contribution in [3.05, 3.63) is 48.2 Å². The van der Waals surface area contributed by atoms with Crippen molar-refractivity contribution in [3.8, 4) is 5.75 Å². The Morgan fingerprint density at radius 1 is 1.15 bits per heavy atom. The maximum Gasteiger partial charge on any atom is 0.263 e. The zero-order valence-electron chi connectivity index (χ0n) is 11.3. The molecule has 0 radical (unpaired) electrons. The molecule has 1 N–H and O–H groups in total. The number of anilines is 1. The Hall–Kier alpha value is -2.08. The normalized spacial score (nSPS) is 11.1. The molecule has 0 fully saturated rings. The minimum absolute atomic E-state index is 0.170. The van der Waals surface area contributed by atoms with E-state index in [1.165, 1.54) is 12.1 Å². The number of hydrogen-bond acceptors (Lipinski definition) is 4. The monoisotopic (exact) mass is 292 g/mol. The molecular formula is C14H16N2O3S. The lowest BCUT2D eigenvalue weighted by molar-refractivity contribution is 0.340. The lowest BCUT2D eigenvalue weighted by atomic mass is 10.3. The summed E-state index contributed by atoms with van der Waals surface area (Å²) in [6, 6.07) is 9.68. The van der Waals surface area contributed by atoms with Crippen LogP contribution >= 0.6 is 0 Å². The molecule has 1 heterocycles. The number of ether oxygens (including phenoxy) is 1. The number of pyridine rings is 1. The zero-order chi connectivity index (χ0) is 14.6. The van der Waals surface area contributed by atoms with Gasteiger partial charge in [-0.25, -0.2) is 13.4 Å². The summed E-state index contributed by atoms with van der Waals surface area (Å²) in [7, 11) is -3.63. The van der Waals surface area contributed by atoms with Crippen molar-refractivity contribution in [3.63, 3.8) is 0 Å². The molecule has 0 spiro atoms. The van der Waals surface area contributed by atoms with Gasteiger partial charge in [0, 0.05) is 6.20 Å². The molecule has 1 aromatic heterocycles. The van der Waals surface area contributed by atoms with Gasteiger partial charge >= 0.3 is 0 Å². The molecule has 0 saturated carbocycles. The van der Waals surface area contributed by atoms with Crippen LogP contribution in [0.5, 0.6) is 5.75 Å². The van der Waals surface area contributed by atoms with Crippen molar-refractivity contribution >= 4 is 15.8 Å². The average Bonchev–Trinajstić information content (AvgIpc) is 2.42. The summed E-state index contributed by atoms with van der Waals surface area (Å²) in [5.41, 5.74) is 0.967. The molecule has 106 valence electrons. The Kier molecular flexibility index (Phi) is 4.24. The van der Waals surface area contributed by atoms with E-state index in [2.05, 4.69) is 9.71 Å². The van der Waals surface area contributed by atoms with E-state index in [-0.39, 0.29) is 4.90 Å². The number of benzene rings is 1. The summed E-state index contributed by atoms with van der Waals surface area (Å²) in [4.78, 5) is 4.19. The highest BCUT2D eigenvalue weighted by Crippen LogP contribution is 2.18. The Balaban J connectivity index is 2.19. The van der Waals surface area contributed by atoms with Crippen molar-refractivity contribution in [2.75, 3.05) is 11.3 Å². The van der Waals surface area contributed by atoms with Gasteiger partial charge in [-0.05, 0) is 49.7 Å². The molecule has 2 rings (SSSR count). The number of nitrogens with zero attached hydrogens (tertiary/aromatic N) is 1. The first-order chi connectivity index (χ1) is 9.51. The van der Waals surface area contributed by atoms with Crippen LogP contribution in [-0.4, -0.2) is 20.0 Å². The fraction of sp³-hybridized carbons (Fsp3) is 0.214. The molecule has 0 aliphatic rings. The Bertz CT molecular complexity index is 665. The third-order valence-corrected chi connectivity index (χ3v) is 3.97. The second kappa shape index (κ2) is 5.92. The molecule has 1 aromatic carbocycles. The Morgan fingerprint density at radius 3 is 2.40 bits per heavy atom. The van der Waals surface area contributed by atoms with Crippen LogP contribution in [-0.2, 0) is 10.0 Å².